The smallest absolute Gasteiger partial charge is 0.497 e. The number of aromatic nitrogens is 3. The molecule has 0 saturated carbocycles. The molecular formula is C24H21N3NaO4S+. The maximum atomic E-state index is 11.3. The van der Waals surface area contributed by atoms with Gasteiger partial charge in [-0.05, 0) is 60.7 Å². The van der Waals surface area contributed by atoms with Crippen molar-refractivity contribution in [2.24, 2.45) is 0 Å². The van der Waals surface area contributed by atoms with E-state index in [4.69, 9.17) is 14.5 Å². The monoisotopic (exact) mass is 470 g/mol. The largest absolute Gasteiger partial charge is 1.00 e. The molecule has 9 heteroatoms. The van der Waals surface area contributed by atoms with E-state index in [-0.39, 0.29) is 35.3 Å². The standard InChI is InChI=1S/C24H21N3O4S.Na/c1-30-18-10-6-16(7-11-18)22-23(17-8-12-19(31-2)13-9-17)27(20-5-3-4-14-25-20)24(26-22)32-15-21(28)29;/h3-14H,15H2,1-2H3,(H,28,29);/q;+1. The molecule has 7 nitrogen and oxygen atoms in total. The number of imidazole rings is 1. The Hall–Kier alpha value is -2.78. The summed E-state index contributed by atoms with van der Waals surface area (Å²) >= 11 is 1.15. The zero-order valence-corrected chi connectivity index (χ0v) is 21.4. The van der Waals surface area contributed by atoms with Crippen LogP contribution in [0.3, 0.4) is 0 Å². The van der Waals surface area contributed by atoms with Crippen molar-refractivity contribution < 1.29 is 48.9 Å². The second-order valence-corrected chi connectivity index (χ2v) is 7.70. The molecule has 2 aromatic carbocycles. The normalized spacial score (nSPS) is 10.4. The van der Waals surface area contributed by atoms with Crippen molar-refractivity contribution >= 4 is 17.7 Å². The third kappa shape index (κ3) is 5.59. The van der Waals surface area contributed by atoms with Gasteiger partial charge in [0.15, 0.2) is 5.16 Å². The third-order valence-corrected chi connectivity index (χ3v) is 5.70. The van der Waals surface area contributed by atoms with Crippen molar-refractivity contribution in [3.05, 3.63) is 72.9 Å². The molecule has 0 saturated heterocycles. The molecule has 0 aliphatic carbocycles. The fraction of sp³-hybridized carbons (Fsp3) is 0.125. The number of hydrogen-bond donors (Lipinski definition) is 1. The predicted octanol–water partition coefficient (Wildman–Crippen LogP) is 1.80. The van der Waals surface area contributed by atoms with E-state index in [0.29, 0.717) is 11.0 Å². The van der Waals surface area contributed by atoms with E-state index in [1.807, 2.05) is 71.3 Å². The number of methoxy groups -OCH3 is 2. The van der Waals surface area contributed by atoms with Gasteiger partial charge < -0.3 is 14.6 Å². The van der Waals surface area contributed by atoms with E-state index in [9.17, 15) is 9.90 Å². The van der Waals surface area contributed by atoms with Gasteiger partial charge in [0.1, 0.15) is 17.3 Å². The molecule has 2 aromatic heterocycles. The molecule has 0 unspecified atom stereocenters. The van der Waals surface area contributed by atoms with Crippen LogP contribution in [0.4, 0.5) is 0 Å². The van der Waals surface area contributed by atoms with Crippen LogP contribution in [0, 0.1) is 0 Å². The molecule has 0 fully saturated rings. The number of carbonyl (C=O) groups is 1. The molecule has 0 amide bonds. The Kier molecular flexibility index (Phi) is 8.57. The van der Waals surface area contributed by atoms with Gasteiger partial charge in [-0.25, -0.2) is 9.97 Å². The summed E-state index contributed by atoms with van der Waals surface area (Å²) in [6, 6.07) is 20.9. The fourth-order valence-corrected chi connectivity index (χ4v) is 4.01. The number of rotatable bonds is 8. The van der Waals surface area contributed by atoms with Crippen molar-refractivity contribution in [2.45, 2.75) is 5.16 Å². The molecule has 162 valence electrons. The first-order valence-electron chi connectivity index (χ1n) is 9.78. The summed E-state index contributed by atoms with van der Waals surface area (Å²) in [4.78, 5) is 20.7. The number of carboxylic acids is 1. The van der Waals surface area contributed by atoms with Crippen molar-refractivity contribution in [3.63, 3.8) is 0 Å². The van der Waals surface area contributed by atoms with Crippen molar-refractivity contribution in [1.82, 2.24) is 14.5 Å². The van der Waals surface area contributed by atoms with Crippen LogP contribution in [0.25, 0.3) is 28.3 Å². The summed E-state index contributed by atoms with van der Waals surface area (Å²) in [5, 5.41) is 9.80. The summed E-state index contributed by atoms with van der Waals surface area (Å²) < 4.78 is 12.5. The Morgan fingerprint density at radius 1 is 0.939 bits per heavy atom. The zero-order chi connectivity index (χ0) is 22.5. The third-order valence-electron chi connectivity index (χ3n) is 4.78. The molecule has 2 heterocycles. The minimum atomic E-state index is -0.914. The number of nitrogens with zero attached hydrogens (tertiary/aromatic N) is 3. The Bertz CT molecular complexity index is 1210. The SMILES string of the molecule is COc1ccc(-c2nc(SCC(=O)O)n(-c3ccccn3)c2-c2ccc(OC)cc2)cc1.[Na+]. The topological polar surface area (TPSA) is 86.5 Å². The molecule has 0 bridgehead atoms. The summed E-state index contributed by atoms with van der Waals surface area (Å²) in [5.74, 6) is 1.10. The molecule has 1 N–H and O–H groups in total. The fourth-order valence-electron chi connectivity index (χ4n) is 3.29. The number of benzene rings is 2. The minimum absolute atomic E-state index is 0. The summed E-state index contributed by atoms with van der Waals surface area (Å²) in [5.41, 5.74) is 3.31. The average Bonchev–Trinajstić information content (AvgIpc) is 3.23. The molecule has 0 spiro atoms. The van der Waals surface area contributed by atoms with Gasteiger partial charge in [0, 0.05) is 17.3 Å². The molecular weight excluding hydrogens is 449 g/mol. The molecule has 0 radical (unpaired) electrons. The maximum Gasteiger partial charge on any atom is 1.00 e. The van der Waals surface area contributed by atoms with Crippen molar-refractivity contribution in [3.8, 4) is 39.8 Å². The second kappa shape index (κ2) is 11.4. The number of carboxylic acid groups (broad SMARTS) is 1. The van der Waals surface area contributed by atoms with Gasteiger partial charge in [0.25, 0.3) is 0 Å². The van der Waals surface area contributed by atoms with Crippen LogP contribution < -0.4 is 39.0 Å². The van der Waals surface area contributed by atoms with Gasteiger partial charge in [-0.15, -0.1) is 0 Å². The number of ether oxygens (including phenoxy) is 2. The van der Waals surface area contributed by atoms with Gasteiger partial charge in [0.05, 0.1) is 31.4 Å². The molecule has 0 aliphatic heterocycles. The van der Waals surface area contributed by atoms with Gasteiger partial charge >= 0.3 is 35.5 Å². The van der Waals surface area contributed by atoms with Crippen LogP contribution in [0.15, 0.2) is 78.1 Å². The van der Waals surface area contributed by atoms with Gasteiger partial charge in [0.2, 0.25) is 0 Å². The van der Waals surface area contributed by atoms with E-state index in [2.05, 4.69) is 4.98 Å². The summed E-state index contributed by atoms with van der Waals surface area (Å²) in [7, 11) is 3.24. The molecule has 0 atom stereocenters. The van der Waals surface area contributed by atoms with Crippen LogP contribution in [-0.2, 0) is 4.79 Å². The number of hydrogen-bond acceptors (Lipinski definition) is 6. The zero-order valence-electron chi connectivity index (χ0n) is 18.6. The minimum Gasteiger partial charge on any atom is -0.497 e. The van der Waals surface area contributed by atoms with E-state index in [1.54, 1.807) is 20.4 Å². The van der Waals surface area contributed by atoms with Crippen LogP contribution in [0.2, 0.25) is 0 Å². The summed E-state index contributed by atoms with van der Waals surface area (Å²) in [6.45, 7) is 0. The predicted molar refractivity (Wildman–Crippen MR) is 124 cm³/mol. The van der Waals surface area contributed by atoms with E-state index in [1.165, 1.54) is 0 Å². The molecule has 4 aromatic rings. The second-order valence-electron chi connectivity index (χ2n) is 6.75. The van der Waals surface area contributed by atoms with Crippen LogP contribution in [0.5, 0.6) is 11.5 Å². The van der Waals surface area contributed by atoms with Crippen LogP contribution in [-0.4, -0.2) is 45.6 Å². The Labute approximate surface area is 218 Å². The van der Waals surface area contributed by atoms with E-state index in [0.717, 1.165) is 45.8 Å². The molecule has 33 heavy (non-hydrogen) atoms. The van der Waals surface area contributed by atoms with Gasteiger partial charge in [-0.3, -0.25) is 9.36 Å². The van der Waals surface area contributed by atoms with Crippen LogP contribution in [0.1, 0.15) is 0 Å². The molecule has 4 rings (SSSR count). The number of thioether (sulfide) groups is 1. The first kappa shape index (κ1) is 24.9. The van der Waals surface area contributed by atoms with Crippen molar-refractivity contribution in [2.75, 3.05) is 20.0 Å². The quantitative estimate of drug-likeness (QED) is 0.310. The van der Waals surface area contributed by atoms with E-state index >= 15 is 0 Å². The first-order chi connectivity index (χ1) is 15.6. The Morgan fingerprint density at radius 3 is 2.06 bits per heavy atom. The van der Waals surface area contributed by atoms with Crippen molar-refractivity contribution in [1.29, 1.82) is 0 Å². The first-order valence-corrected chi connectivity index (χ1v) is 10.8. The van der Waals surface area contributed by atoms with Gasteiger partial charge in [-0.2, -0.15) is 0 Å². The van der Waals surface area contributed by atoms with Crippen LogP contribution >= 0.6 is 11.8 Å². The number of aliphatic carboxylic acids is 1. The molecule has 0 aliphatic rings. The summed E-state index contributed by atoms with van der Waals surface area (Å²) in [6.07, 6.45) is 1.70. The average molecular weight is 471 g/mol. The maximum absolute atomic E-state index is 11.3. The Balaban J connectivity index is 0.00000306. The number of pyridine rings is 1. The Morgan fingerprint density at radius 2 is 1.55 bits per heavy atom. The van der Waals surface area contributed by atoms with E-state index < -0.39 is 5.97 Å². The van der Waals surface area contributed by atoms with Gasteiger partial charge in [-0.1, -0.05) is 17.8 Å².